The van der Waals surface area contributed by atoms with E-state index in [0.29, 0.717) is 24.2 Å². The summed E-state index contributed by atoms with van der Waals surface area (Å²) in [6, 6.07) is -0.917. The summed E-state index contributed by atoms with van der Waals surface area (Å²) in [5, 5.41) is 26.8. The first-order valence-electron chi connectivity index (χ1n) is 13.2. The van der Waals surface area contributed by atoms with Crippen LogP contribution in [0.15, 0.2) is 16.8 Å². The van der Waals surface area contributed by atoms with Gasteiger partial charge in [-0.2, -0.15) is 0 Å². The molecule has 4 aliphatic carbocycles. The molecule has 7 heteroatoms. The number of carbonyl (C=O) groups excluding carboxylic acids is 1. The Morgan fingerprint density at radius 1 is 1.18 bits per heavy atom. The van der Waals surface area contributed by atoms with Crippen LogP contribution in [-0.4, -0.2) is 46.6 Å². The number of carboxylic acid groups (broad SMARTS) is 1. The average Bonchev–Trinajstić information content (AvgIpc) is 3.11. The van der Waals surface area contributed by atoms with E-state index in [2.05, 4.69) is 30.4 Å². The maximum Gasteiger partial charge on any atom is 0.326 e. The molecule has 0 saturated heterocycles. The highest BCUT2D eigenvalue weighted by Gasteiger charge is 2.58. The van der Waals surface area contributed by atoms with Gasteiger partial charge in [0.2, 0.25) is 0 Å². The number of aliphatic hydroxyl groups excluding tert-OH is 1. The molecule has 8 atom stereocenters. The number of hydrogen-bond donors (Lipinski definition) is 3. The van der Waals surface area contributed by atoms with Crippen LogP contribution in [0.25, 0.3) is 0 Å². The van der Waals surface area contributed by atoms with E-state index in [1.54, 1.807) is 0 Å². The second-order valence-electron chi connectivity index (χ2n) is 11.8. The van der Waals surface area contributed by atoms with Crippen molar-refractivity contribution in [1.29, 1.82) is 0 Å². The molecule has 4 aliphatic rings. The molecule has 7 nitrogen and oxygen atoms in total. The summed E-state index contributed by atoms with van der Waals surface area (Å²) in [6.45, 7) is 8.17. The summed E-state index contributed by atoms with van der Waals surface area (Å²) < 4.78 is 0. The molecule has 1 amide bonds. The Labute approximate surface area is 203 Å². The van der Waals surface area contributed by atoms with E-state index in [4.69, 9.17) is 4.84 Å². The number of carbonyl (C=O) groups is 2. The summed E-state index contributed by atoms with van der Waals surface area (Å²) in [4.78, 5) is 28.9. The summed E-state index contributed by atoms with van der Waals surface area (Å²) in [5.74, 6) is 0.350. The number of carboxylic acids is 1. The van der Waals surface area contributed by atoms with E-state index in [1.165, 1.54) is 18.4 Å². The summed E-state index contributed by atoms with van der Waals surface area (Å²) in [6.07, 6.45) is 11.2. The predicted molar refractivity (Wildman–Crippen MR) is 130 cm³/mol. The smallest absolute Gasteiger partial charge is 0.326 e. The standard InChI is InChI=1S/C27H42N2O5/c1-5-16(2)24(25(32)33)28-23(31)15-34-29-18-10-12-26(3)17(14-18)6-7-19-20-8-9-22(30)27(20,4)13-11-21(19)26/h14,16,19-22,24,30H,5-13,15H2,1-4H3,(H,28,31)(H,32,33)/b29-18+/t16-,19-,20+,21+,22-,24+,26-,27-/m0/s1. The second kappa shape index (κ2) is 9.63. The molecule has 0 aromatic carbocycles. The number of allylic oxidation sites excluding steroid dienone is 2. The lowest BCUT2D eigenvalue weighted by atomic mass is 9.47. The summed E-state index contributed by atoms with van der Waals surface area (Å²) in [5.41, 5.74) is 2.60. The number of nitrogens with zero attached hydrogens (tertiary/aromatic N) is 1. The van der Waals surface area contributed by atoms with E-state index in [1.807, 2.05) is 13.8 Å². The average molecular weight is 475 g/mol. The highest BCUT2D eigenvalue weighted by Crippen LogP contribution is 2.65. The van der Waals surface area contributed by atoms with Crippen LogP contribution in [0.3, 0.4) is 0 Å². The molecule has 0 unspecified atom stereocenters. The lowest BCUT2D eigenvalue weighted by molar-refractivity contribution is -0.144. The molecule has 4 rings (SSSR count). The Morgan fingerprint density at radius 2 is 1.94 bits per heavy atom. The molecule has 3 fully saturated rings. The maximum absolute atomic E-state index is 12.2. The molecule has 0 aromatic rings. The Balaban J connectivity index is 1.38. The first kappa shape index (κ1) is 25.2. The molecule has 0 aromatic heterocycles. The highest BCUT2D eigenvalue weighted by atomic mass is 16.6. The van der Waals surface area contributed by atoms with Crippen LogP contribution in [0, 0.1) is 34.5 Å². The van der Waals surface area contributed by atoms with Crippen LogP contribution in [0.5, 0.6) is 0 Å². The van der Waals surface area contributed by atoms with Crippen LogP contribution in [0.1, 0.15) is 85.5 Å². The topological polar surface area (TPSA) is 108 Å². The second-order valence-corrected chi connectivity index (χ2v) is 11.8. The van der Waals surface area contributed by atoms with Crippen molar-refractivity contribution in [3.63, 3.8) is 0 Å². The van der Waals surface area contributed by atoms with E-state index < -0.39 is 17.9 Å². The fourth-order valence-electron chi connectivity index (χ4n) is 7.69. The fraction of sp³-hybridized carbons (Fsp3) is 0.815. The molecule has 0 radical (unpaired) electrons. The van der Waals surface area contributed by atoms with Crippen molar-refractivity contribution < 1.29 is 24.6 Å². The van der Waals surface area contributed by atoms with Gasteiger partial charge in [0.25, 0.3) is 5.91 Å². The first-order chi connectivity index (χ1) is 16.1. The van der Waals surface area contributed by atoms with Gasteiger partial charge in [0.05, 0.1) is 11.8 Å². The molecular weight excluding hydrogens is 432 g/mol. The maximum atomic E-state index is 12.2. The molecule has 3 N–H and O–H groups in total. The molecule has 3 saturated carbocycles. The van der Waals surface area contributed by atoms with Crippen molar-refractivity contribution in [2.24, 2.45) is 39.7 Å². The first-order valence-corrected chi connectivity index (χ1v) is 13.2. The van der Waals surface area contributed by atoms with Gasteiger partial charge in [-0.15, -0.1) is 0 Å². The SMILES string of the molecule is CC[C@H](C)[C@@H](NC(=O)CO/N=C1/C=C2CC[C@H]3[C@H]4CC[C@H](O)[C@@]4(C)CC[C@H]3[C@@]2(C)CC1)C(=O)O. The van der Waals surface area contributed by atoms with Crippen molar-refractivity contribution >= 4 is 17.6 Å². The van der Waals surface area contributed by atoms with Crippen molar-refractivity contribution in [1.82, 2.24) is 5.32 Å². The van der Waals surface area contributed by atoms with Gasteiger partial charge < -0.3 is 20.4 Å². The van der Waals surface area contributed by atoms with Gasteiger partial charge in [-0.1, -0.05) is 44.8 Å². The van der Waals surface area contributed by atoms with Crippen LogP contribution in [-0.2, 0) is 14.4 Å². The third-order valence-electron chi connectivity index (χ3n) is 10.1. The normalized spacial score (nSPS) is 39.8. The van der Waals surface area contributed by atoms with E-state index in [0.717, 1.165) is 44.2 Å². The Kier molecular flexibility index (Phi) is 7.14. The van der Waals surface area contributed by atoms with Crippen LogP contribution < -0.4 is 5.32 Å². The quantitative estimate of drug-likeness (QED) is 0.477. The molecule has 0 heterocycles. The van der Waals surface area contributed by atoms with E-state index in [-0.39, 0.29) is 29.5 Å². The van der Waals surface area contributed by atoms with E-state index >= 15 is 0 Å². The lowest BCUT2D eigenvalue weighted by Gasteiger charge is -2.57. The fourth-order valence-corrected chi connectivity index (χ4v) is 7.69. The van der Waals surface area contributed by atoms with E-state index in [9.17, 15) is 19.8 Å². The Morgan fingerprint density at radius 3 is 2.65 bits per heavy atom. The molecule has 0 aliphatic heterocycles. The van der Waals surface area contributed by atoms with Crippen LogP contribution >= 0.6 is 0 Å². The third-order valence-corrected chi connectivity index (χ3v) is 10.1. The molecule has 190 valence electrons. The van der Waals surface area contributed by atoms with Crippen molar-refractivity contribution in [2.75, 3.05) is 6.61 Å². The van der Waals surface area contributed by atoms with Crippen LogP contribution in [0.4, 0.5) is 0 Å². The number of fused-ring (bicyclic) bond motifs is 5. The Hall–Kier alpha value is -1.89. The number of amides is 1. The van der Waals surface area contributed by atoms with Gasteiger partial charge in [0.1, 0.15) is 6.04 Å². The molecular formula is C27H42N2O5. The monoisotopic (exact) mass is 474 g/mol. The minimum absolute atomic E-state index is 0.100. The largest absolute Gasteiger partial charge is 0.480 e. The van der Waals surface area contributed by atoms with Crippen molar-refractivity contribution in [2.45, 2.75) is 97.6 Å². The number of nitrogens with one attached hydrogen (secondary N) is 1. The highest BCUT2D eigenvalue weighted by molar-refractivity contribution is 5.96. The Bertz CT molecular complexity index is 869. The number of aliphatic carboxylic acids is 1. The zero-order valence-electron chi connectivity index (χ0n) is 21.2. The van der Waals surface area contributed by atoms with Gasteiger partial charge in [-0.05, 0) is 91.9 Å². The summed E-state index contributed by atoms with van der Waals surface area (Å²) >= 11 is 0. The van der Waals surface area contributed by atoms with Gasteiger partial charge in [-0.25, -0.2) is 4.79 Å². The van der Waals surface area contributed by atoms with Crippen LogP contribution in [0.2, 0.25) is 0 Å². The molecule has 0 spiro atoms. The van der Waals surface area contributed by atoms with Gasteiger partial charge in [-0.3, -0.25) is 4.79 Å². The minimum atomic E-state index is -1.03. The zero-order valence-corrected chi connectivity index (χ0v) is 21.2. The lowest BCUT2D eigenvalue weighted by Crippen LogP contribution is -2.51. The number of oxime groups is 1. The van der Waals surface area contributed by atoms with Gasteiger partial charge in [0, 0.05) is 0 Å². The number of hydrogen-bond acceptors (Lipinski definition) is 5. The molecule has 0 bridgehead atoms. The third kappa shape index (κ3) is 4.40. The minimum Gasteiger partial charge on any atom is -0.480 e. The number of aliphatic hydroxyl groups is 1. The van der Waals surface area contributed by atoms with Crippen molar-refractivity contribution in [3.05, 3.63) is 11.6 Å². The molecule has 34 heavy (non-hydrogen) atoms. The number of rotatable bonds is 7. The van der Waals surface area contributed by atoms with Crippen molar-refractivity contribution in [3.8, 4) is 0 Å². The van der Waals surface area contributed by atoms with Gasteiger partial charge in [0.15, 0.2) is 6.61 Å². The zero-order chi connectivity index (χ0) is 24.7. The predicted octanol–water partition coefficient (Wildman–Crippen LogP) is 4.30. The summed E-state index contributed by atoms with van der Waals surface area (Å²) in [7, 11) is 0. The van der Waals surface area contributed by atoms with Gasteiger partial charge >= 0.3 is 5.97 Å².